The van der Waals surface area contributed by atoms with Crippen molar-refractivity contribution < 1.29 is 18.0 Å². The average molecular weight is 357 g/mol. The van der Waals surface area contributed by atoms with Crippen molar-refractivity contribution in [1.29, 1.82) is 0 Å². The Kier molecular flexibility index (Phi) is 5.17. The van der Waals surface area contributed by atoms with Crippen LogP contribution in [-0.4, -0.2) is 10.9 Å². The molecule has 3 rings (SSSR count). The fraction of sp³-hybridized carbons (Fsp3) is 0.0526. The van der Waals surface area contributed by atoms with Gasteiger partial charge in [-0.2, -0.15) is 0 Å². The van der Waals surface area contributed by atoms with Crippen molar-refractivity contribution in [3.63, 3.8) is 0 Å². The van der Waals surface area contributed by atoms with E-state index in [2.05, 4.69) is 15.6 Å². The molecule has 1 aromatic heterocycles. The maximum absolute atomic E-state index is 13.6. The summed E-state index contributed by atoms with van der Waals surface area (Å²) in [4.78, 5) is 16.0. The molecule has 2 N–H and O–H groups in total. The molecule has 1 heterocycles. The van der Waals surface area contributed by atoms with Gasteiger partial charge in [-0.1, -0.05) is 18.2 Å². The average Bonchev–Trinajstić information content (AvgIpc) is 2.61. The number of nitrogens with one attached hydrogen (secondary N) is 2. The number of pyridine rings is 1. The van der Waals surface area contributed by atoms with Crippen LogP contribution in [0.3, 0.4) is 0 Å². The number of hydrogen-bond acceptors (Lipinski definition) is 3. The molecule has 0 saturated carbocycles. The molecule has 1 amide bonds. The van der Waals surface area contributed by atoms with Crippen molar-refractivity contribution in [2.45, 2.75) is 6.42 Å². The third-order valence-electron chi connectivity index (χ3n) is 3.55. The van der Waals surface area contributed by atoms with Crippen LogP contribution in [0, 0.1) is 17.5 Å². The first-order valence-electron chi connectivity index (χ1n) is 7.72. The van der Waals surface area contributed by atoms with Gasteiger partial charge in [0.25, 0.3) is 0 Å². The van der Waals surface area contributed by atoms with E-state index in [-0.39, 0.29) is 23.5 Å². The third-order valence-corrected chi connectivity index (χ3v) is 3.55. The number of amides is 1. The maximum Gasteiger partial charge on any atom is 0.230 e. The van der Waals surface area contributed by atoms with Gasteiger partial charge in [0.15, 0.2) is 0 Å². The molecule has 26 heavy (non-hydrogen) atoms. The summed E-state index contributed by atoms with van der Waals surface area (Å²) in [5.41, 5.74) is 0.849. The highest BCUT2D eigenvalue weighted by atomic mass is 19.1. The molecule has 0 atom stereocenters. The van der Waals surface area contributed by atoms with Gasteiger partial charge in [0.2, 0.25) is 5.91 Å². The molecule has 132 valence electrons. The van der Waals surface area contributed by atoms with Gasteiger partial charge < -0.3 is 10.6 Å². The quantitative estimate of drug-likeness (QED) is 0.711. The minimum absolute atomic E-state index is 0.101. The molecule has 0 fully saturated rings. The molecule has 0 bridgehead atoms. The molecule has 0 aliphatic carbocycles. The van der Waals surface area contributed by atoms with Crippen molar-refractivity contribution in [1.82, 2.24) is 4.98 Å². The Balaban J connectivity index is 1.62. The summed E-state index contributed by atoms with van der Waals surface area (Å²) in [5, 5.41) is 5.32. The summed E-state index contributed by atoms with van der Waals surface area (Å²) in [6.45, 7) is 0. The summed E-state index contributed by atoms with van der Waals surface area (Å²) in [5.74, 6) is -1.98. The van der Waals surface area contributed by atoms with Crippen LogP contribution in [0.4, 0.5) is 30.4 Å². The van der Waals surface area contributed by atoms with E-state index in [4.69, 9.17) is 0 Å². The molecule has 0 saturated heterocycles. The molecule has 7 heteroatoms. The highest BCUT2D eigenvalue weighted by Crippen LogP contribution is 2.21. The monoisotopic (exact) mass is 357 g/mol. The van der Waals surface area contributed by atoms with E-state index in [0.717, 1.165) is 12.1 Å². The molecule has 3 aromatic rings. The summed E-state index contributed by atoms with van der Waals surface area (Å²) in [6, 6.07) is 12.3. The minimum atomic E-state index is -0.729. The third kappa shape index (κ3) is 4.38. The predicted octanol–water partition coefficient (Wildman–Crippen LogP) is 4.42. The Hall–Kier alpha value is -3.35. The zero-order chi connectivity index (χ0) is 18.5. The van der Waals surface area contributed by atoms with Crippen LogP contribution in [0.25, 0.3) is 0 Å². The van der Waals surface area contributed by atoms with Crippen LogP contribution < -0.4 is 10.6 Å². The first-order valence-corrected chi connectivity index (χ1v) is 7.72. The molecule has 0 spiro atoms. The lowest BCUT2D eigenvalue weighted by Gasteiger charge is -2.09. The Morgan fingerprint density at radius 3 is 2.46 bits per heavy atom. The number of carbonyl (C=O) groups excluding carboxylic acids is 1. The zero-order valence-electron chi connectivity index (χ0n) is 13.5. The summed E-state index contributed by atoms with van der Waals surface area (Å²) in [7, 11) is 0. The standard InChI is InChI=1S/C19H14F3N3O/c20-13-5-7-17(16(22)10-13)24-14-6-8-18(23-11-14)25-19(26)9-12-3-1-2-4-15(12)21/h1-8,10-11,24H,9H2,(H,23,25,26). The maximum atomic E-state index is 13.6. The summed E-state index contributed by atoms with van der Waals surface area (Å²) < 4.78 is 40.1. The van der Waals surface area contributed by atoms with Crippen molar-refractivity contribution in [3.8, 4) is 0 Å². The van der Waals surface area contributed by atoms with E-state index in [9.17, 15) is 18.0 Å². The lowest BCUT2D eigenvalue weighted by molar-refractivity contribution is -0.115. The Morgan fingerprint density at radius 1 is 0.962 bits per heavy atom. The number of anilines is 3. The first kappa shape index (κ1) is 17.5. The number of hydrogen-bond donors (Lipinski definition) is 2. The van der Waals surface area contributed by atoms with Gasteiger partial charge in [0.05, 0.1) is 24.0 Å². The zero-order valence-corrected chi connectivity index (χ0v) is 13.5. The van der Waals surface area contributed by atoms with E-state index in [1.54, 1.807) is 18.2 Å². The molecule has 2 aromatic carbocycles. The van der Waals surface area contributed by atoms with E-state index in [0.29, 0.717) is 5.69 Å². The lowest BCUT2D eigenvalue weighted by Crippen LogP contribution is -2.16. The van der Waals surface area contributed by atoms with Gasteiger partial charge in [-0.05, 0) is 35.9 Å². The Morgan fingerprint density at radius 2 is 1.77 bits per heavy atom. The van der Waals surface area contributed by atoms with Crippen molar-refractivity contribution >= 4 is 23.1 Å². The largest absolute Gasteiger partial charge is 0.352 e. The number of halogens is 3. The lowest BCUT2D eigenvalue weighted by atomic mass is 10.1. The van der Waals surface area contributed by atoms with E-state index < -0.39 is 23.4 Å². The second kappa shape index (κ2) is 7.69. The van der Waals surface area contributed by atoms with Crippen LogP contribution in [0.2, 0.25) is 0 Å². The van der Waals surface area contributed by atoms with Gasteiger partial charge in [0.1, 0.15) is 23.3 Å². The first-order chi connectivity index (χ1) is 12.5. The number of rotatable bonds is 5. The van der Waals surface area contributed by atoms with Crippen LogP contribution in [0.15, 0.2) is 60.8 Å². The molecule has 0 aliphatic rings. The second-order valence-electron chi connectivity index (χ2n) is 5.50. The number of nitrogens with zero attached hydrogens (tertiary/aromatic N) is 1. The Labute approximate surface area is 147 Å². The van der Waals surface area contributed by atoms with Crippen molar-refractivity contribution in [2.75, 3.05) is 10.6 Å². The molecular formula is C19H14F3N3O. The van der Waals surface area contributed by atoms with Gasteiger partial charge in [0, 0.05) is 6.07 Å². The van der Waals surface area contributed by atoms with Crippen LogP contribution in [0.1, 0.15) is 5.56 Å². The van der Waals surface area contributed by atoms with Crippen LogP contribution in [0.5, 0.6) is 0 Å². The van der Waals surface area contributed by atoms with Crippen molar-refractivity contribution in [2.24, 2.45) is 0 Å². The van der Waals surface area contributed by atoms with E-state index in [1.807, 2.05) is 0 Å². The highest BCUT2D eigenvalue weighted by molar-refractivity contribution is 5.91. The van der Waals surface area contributed by atoms with E-state index in [1.165, 1.54) is 30.5 Å². The van der Waals surface area contributed by atoms with Gasteiger partial charge in [-0.15, -0.1) is 0 Å². The summed E-state index contributed by atoms with van der Waals surface area (Å²) in [6.07, 6.45) is 1.27. The van der Waals surface area contributed by atoms with Gasteiger partial charge in [-0.25, -0.2) is 18.2 Å². The second-order valence-corrected chi connectivity index (χ2v) is 5.50. The molecule has 0 aliphatic heterocycles. The Bertz CT molecular complexity index is 930. The summed E-state index contributed by atoms with van der Waals surface area (Å²) >= 11 is 0. The molecule has 0 radical (unpaired) electrons. The number of carbonyl (C=O) groups is 1. The topological polar surface area (TPSA) is 54.0 Å². The molecule has 0 unspecified atom stereocenters. The van der Waals surface area contributed by atoms with Gasteiger partial charge in [-0.3, -0.25) is 4.79 Å². The normalized spacial score (nSPS) is 10.4. The number of aromatic nitrogens is 1. The molecular weight excluding hydrogens is 343 g/mol. The minimum Gasteiger partial charge on any atom is -0.352 e. The van der Waals surface area contributed by atoms with Crippen LogP contribution >= 0.6 is 0 Å². The number of benzene rings is 2. The smallest absolute Gasteiger partial charge is 0.230 e. The highest BCUT2D eigenvalue weighted by Gasteiger charge is 2.09. The fourth-order valence-electron chi connectivity index (χ4n) is 2.29. The van der Waals surface area contributed by atoms with Gasteiger partial charge >= 0.3 is 0 Å². The fourth-order valence-corrected chi connectivity index (χ4v) is 2.29. The van der Waals surface area contributed by atoms with Crippen LogP contribution in [-0.2, 0) is 11.2 Å². The van der Waals surface area contributed by atoms with E-state index >= 15 is 0 Å². The SMILES string of the molecule is O=C(Cc1ccccc1F)Nc1ccc(Nc2ccc(F)cc2F)cn1. The predicted molar refractivity (Wildman–Crippen MR) is 92.6 cm³/mol. The van der Waals surface area contributed by atoms with Crippen molar-refractivity contribution in [3.05, 3.63) is 83.8 Å². The molecule has 4 nitrogen and oxygen atoms in total.